The van der Waals surface area contributed by atoms with Gasteiger partial charge in [-0.2, -0.15) is 0 Å². The van der Waals surface area contributed by atoms with Gasteiger partial charge in [-0.1, -0.05) is 103 Å². The van der Waals surface area contributed by atoms with E-state index in [4.69, 9.17) is 0 Å². The highest BCUT2D eigenvalue weighted by Crippen LogP contribution is 2.40. The highest BCUT2D eigenvalue weighted by molar-refractivity contribution is 6.13. The Kier molecular flexibility index (Phi) is 4.89. The summed E-state index contributed by atoms with van der Waals surface area (Å²) in [6, 6.07) is 55.2. The molecule has 0 spiro atoms. The van der Waals surface area contributed by atoms with E-state index in [0.717, 1.165) is 17.1 Å². The molecule has 0 radical (unpaired) electrons. The van der Waals surface area contributed by atoms with Crippen molar-refractivity contribution in [1.82, 2.24) is 0 Å². The molecule has 8 aromatic rings. The van der Waals surface area contributed by atoms with Gasteiger partial charge in [-0.25, -0.2) is 0 Å². The average molecular weight is 496 g/mol. The summed E-state index contributed by atoms with van der Waals surface area (Å²) in [4.78, 5) is 2.38. The zero-order valence-electron chi connectivity index (χ0n) is 21.4. The minimum atomic E-state index is 1.15. The van der Waals surface area contributed by atoms with Crippen LogP contribution in [0.1, 0.15) is 0 Å². The van der Waals surface area contributed by atoms with E-state index in [2.05, 4.69) is 157 Å². The third-order valence-corrected chi connectivity index (χ3v) is 7.93. The summed E-state index contributed by atoms with van der Waals surface area (Å²) in [6.07, 6.45) is 0. The molecule has 0 atom stereocenters. The maximum absolute atomic E-state index is 2.38. The van der Waals surface area contributed by atoms with Gasteiger partial charge in [-0.05, 0) is 102 Å². The molecule has 0 saturated heterocycles. The van der Waals surface area contributed by atoms with Crippen molar-refractivity contribution in [1.29, 1.82) is 0 Å². The molecule has 8 aromatic carbocycles. The minimum Gasteiger partial charge on any atom is -0.310 e. The van der Waals surface area contributed by atoms with E-state index in [1.54, 1.807) is 0 Å². The van der Waals surface area contributed by atoms with Crippen LogP contribution in [0, 0.1) is 0 Å². The molecule has 0 heterocycles. The number of benzene rings is 8. The van der Waals surface area contributed by atoms with Gasteiger partial charge in [0.25, 0.3) is 0 Å². The Morgan fingerprint density at radius 1 is 0.256 bits per heavy atom. The van der Waals surface area contributed by atoms with Gasteiger partial charge in [0.1, 0.15) is 0 Å². The molecule has 0 aliphatic rings. The second-order valence-electron chi connectivity index (χ2n) is 10.3. The fourth-order valence-electron chi connectivity index (χ4n) is 5.96. The normalized spacial score (nSPS) is 11.6. The first-order chi connectivity index (χ1) is 19.3. The highest BCUT2D eigenvalue weighted by atomic mass is 15.1. The van der Waals surface area contributed by atoms with Crippen LogP contribution in [0.5, 0.6) is 0 Å². The predicted molar refractivity (Wildman–Crippen MR) is 169 cm³/mol. The number of hydrogen-bond acceptors (Lipinski definition) is 1. The lowest BCUT2D eigenvalue weighted by Crippen LogP contribution is -2.10. The molecule has 1 nitrogen and oxygen atoms in total. The fraction of sp³-hybridized carbons (Fsp3) is 0. The quantitative estimate of drug-likeness (QED) is 0.174. The topological polar surface area (TPSA) is 3.24 Å². The van der Waals surface area contributed by atoms with Crippen molar-refractivity contribution in [2.24, 2.45) is 0 Å². The first kappa shape index (κ1) is 21.9. The second kappa shape index (κ2) is 8.72. The lowest BCUT2D eigenvalue weighted by molar-refractivity contribution is 1.30. The van der Waals surface area contributed by atoms with Crippen molar-refractivity contribution in [3.63, 3.8) is 0 Å². The zero-order valence-corrected chi connectivity index (χ0v) is 21.4. The monoisotopic (exact) mass is 495 g/mol. The lowest BCUT2D eigenvalue weighted by Gasteiger charge is -2.26. The highest BCUT2D eigenvalue weighted by Gasteiger charge is 2.15. The van der Waals surface area contributed by atoms with E-state index in [0.29, 0.717) is 0 Å². The Morgan fingerprint density at radius 2 is 0.641 bits per heavy atom. The fourth-order valence-corrected chi connectivity index (χ4v) is 5.96. The van der Waals surface area contributed by atoms with Crippen molar-refractivity contribution >= 4 is 70.9 Å². The smallest absolute Gasteiger partial charge is 0.0468 e. The Labute approximate surface area is 227 Å². The van der Waals surface area contributed by atoms with Gasteiger partial charge >= 0.3 is 0 Å². The number of hydrogen-bond donors (Lipinski definition) is 0. The van der Waals surface area contributed by atoms with Gasteiger partial charge in [0.2, 0.25) is 0 Å². The van der Waals surface area contributed by atoms with E-state index in [-0.39, 0.29) is 0 Å². The van der Waals surface area contributed by atoms with Crippen LogP contribution in [0.2, 0.25) is 0 Å². The van der Waals surface area contributed by atoms with E-state index in [9.17, 15) is 0 Å². The predicted octanol–water partition coefficient (Wildman–Crippen LogP) is 10.9. The van der Waals surface area contributed by atoms with Crippen molar-refractivity contribution in [3.8, 4) is 0 Å². The van der Waals surface area contributed by atoms with Crippen LogP contribution >= 0.6 is 0 Å². The first-order valence-corrected chi connectivity index (χ1v) is 13.4. The molecule has 0 N–H and O–H groups in total. The van der Waals surface area contributed by atoms with E-state index >= 15 is 0 Å². The molecule has 0 aromatic heterocycles. The van der Waals surface area contributed by atoms with Crippen molar-refractivity contribution in [2.45, 2.75) is 0 Å². The molecule has 0 aliphatic carbocycles. The van der Waals surface area contributed by atoms with E-state index in [1.807, 2.05) is 0 Å². The van der Waals surface area contributed by atoms with E-state index in [1.165, 1.54) is 53.9 Å². The molecule has 0 bridgehead atoms. The Balaban J connectivity index is 1.35. The Hall–Kier alpha value is -5.14. The average Bonchev–Trinajstić information content (AvgIpc) is 3.00. The summed E-state index contributed by atoms with van der Waals surface area (Å²) in [5.41, 5.74) is 3.44. The summed E-state index contributed by atoms with van der Waals surface area (Å²) in [6.45, 7) is 0. The van der Waals surface area contributed by atoms with Crippen LogP contribution in [0.15, 0.2) is 152 Å². The Morgan fingerprint density at radius 3 is 1.21 bits per heavy atom. The number of nitrogens with zero attached hydrogens (tertiary/aromatic N) is 1. The van der Waals surface area contributed by atoms with Gasteiger partial charge in [0.15, 0.2) is 0 Å². The molecule has 0 fully saturated rings. The van der Waals surface area contributed by atoms with Gasteiger partial charge < -0.3 is 4.90 Å². The molecular formula is C38H25N. The maximum atomic E-state index is 2.38. The largest absolute Gasteiger partial charge is 0.310 e. The Bertz CT molecular complexity index is 2110. The number of rotatable bonds is 3. The van der Waals surface area contributed by atoms with Gasteiger partial charge in [0.05, 0.1) is 0 Å². The van der Waals surface area contributed by atoms with Crippen molar-refractivity contribution in [3.05, 3.63) is 152 Å². The second-order valence-corrected chi connectivity index (χ2v) is 10.3. The molecule has 8 rings (SSSR count). The summed E-state index contributed by atoms with van der Waals surface area (Å²) < 4.78 is 0. The number of fused-ring (bicyclic) bond motifs is 6. The minimum absolute atomic E-state index is 1.15. The molecular weight excluding hydrogens is 470 g/mol. The van der Waals surface area contributed by atoms with Gasteiger partial charge in [0, 0.05) is 17.1 Å². The molecule has 182 valence electrons. The third kappa shape index (κ3) is 3.71. The van der Waals surface area contributed by atoms with E-state index < -0.39 is 0 Å². The zero-order chi connectivity index (χ0) is 25.8. The van der Waals surface area contributed by atoms with Crippen molar-refractivity contribution in [2.75, 3.05) is 4.90 Å². The van der Waals surface area contributed by atoms with Crippen LogP contribution in [-0.2, 0) is 0 Å². The van der Waals surface area contributed by atoms with Crippen LogP contribution in [0.3, 0.4) is 0 Å². The molecule has 39 heavy (non-hydrogen) atoms. The van der Waals surface area contributed by atoms with Crippen LogP contribution in [-0.4, -0.2) is 0 Å². The molecule has 0 saturated carbocycles. The van der Waals surface area contributed by atoms with Gasteiger partial charge in [-0.15, -0.1) is 0 Å². The molecule has 0 unspecified atom stereocenters. The third-order valence-electron chi connectivity index (χ3n) is 7.93. The SMILES string of the molecule is c1ccc2cc(N(c3ccc4ccccc4c3)c3ccc4c(ccc5cc6ccccc6cc54)c3)ccc2c1. The molecule has 0 amide bonds. The standard InChI is InChI=1S/C38H25N/c1-3-10-29-22-34(17-15-26(29)7-1)39(35-18-16-27-8-2-4-11-30(27)23-35)36-19-20-37-33(24-36)14-13-32-21-28-9-5-6-12-31(28)25-38(32)37/h1-25H. The van der Waals surface area contributed by atoms with Crippen LogP contribution < -0.4 is 4.90 Å². The van der Waals surface area contributed by atoms with Gasteiger partial charge in [-0.3, -0.25) is 0 Å². The van der Waals surface area contributed by atoms with Crippen LogP contribution in [0.4, 0.5) is 17.1 Å². The molecule has 0 aliphatic heterocycles. The summed E-state index contributed by atoms with van der Waals surface area (Å²) >= 11 is 0. The maximum Gasteiger partial charge on any atom is 0.0468 e. The lowest BCUT2D eigenvalue weighted by atomic mass is 9.97. The van der Waals surface area contributed by atoms with Crippen LogP contribution in [0.25, 0.3) is 53.9 Å². The summed E-state index contributed by atoms with van der Waals surface area (Å²) in [5, 5.41) is 12.6. The van der Waals surface area contributed by atoms with Crippen molar-refractivity contribution < 1.29 is 0 Å². The summed E-state index contributed by atoms with van der Waals surface area (Å²) in [7, 11) is 0. The number of anilines is 3. The summed E-state index contributed by atoms with van der Waals surface area (Å²) in [5.74, 6) is 0. The molecule has 1 heteroatoms. The first-order valence-electron chi connectivity index (χ1n) is 13.4.